The second-order valence-electron chi connectivity index (χ2n) is 6.09. The minimum atomic E-state index is -0.644. The van der Waals surface area contributed by atoms with Crippen LogP contribution in [0.1, 0.15) is 13.8 Å². The van der Waals surface area contributed by atoms with Crippen molar-refractivity contribution < 1.29 is 19.4 Å². The van der Waals surface area contributed by atoms with Gasteiger partial charge in [-0.15, -0.1) is 11.8 Å². The molecule has 2 rings (SSSR count). The van der Waals surface area contributed by atoms with E-state index in [1.165, 1.54) is 23.6 Å². The number of likely N-dealkylation sites (N-methyl/N-ethyl adjacent to an activating group) is 1. The third-order valence-electron chi connectivity index (χ3n) is 3.96. The number of para-hydroxylation sites is 1. The first-order chi connectivity index (χ1) is 13.5. The molecule has 2 N–H and O–H groups in total. The molecule has 0 heterocycles. The van der Waals surface area contributed by atoms with Crippen LogP contribution in [0.2, 0.25) is 0 Å². The molecule has 2 aromatic carbocycles. The molecule has 0 spiro atoms. The summed E-state index contributed by atoms with van der Waals surface area (Å²) in [4.78, 5) is 26.7. The predicted octanol–water partition coefficient (Wildman–Crippen LogP) is 2.92. The van der Waals surface area contributed by atoms with E-state index in [0.29, 0.717) is 12.3 Å². The molecular weight excluding hydrogens is 376 g/mol. The first-order valence-corrected chi connectivity index (χ1v) is 10.1. The average molecular weight is 403 g/mol. The van der Waals surface area contributed by atoms with Crippen LogP contribution in [0, 0.1) is 0 Å². The Bertz CT molecular complexity index is 753. The van der Waals surface area contributed by atoms with Crippen LogP contribution in [0.3, 0.4) is 0 Å². The highest BCUT2D eigenvalue weighted by molar-refractivity contribution is 7.99. The summed E-state index contributed by atoms with van der Waals surface area (Å²) in [6.45, 7) is 3.86. The quantitative estimate of drug-likeness (QED) is 0.598. The van der Waals surface area contributed by atoms with Crippen LogP contribution in [-0.2, 0) is 9.59 Å². The summed E-state index contributed by atoms with van der Waals surface area (Å²) in [6, 6.07) is 16.5. The Kier molecular flexibility index (Phi) is 8.84. The van der Waals surface area contributed by atoms with Crippen molar-refractivity contribution in [3.8, 4) is 11.5 Å². The van der Waals surface area contributed by atoms with Gasteiger partial charge in [-0.2, -0.15) is 0 Å². The number of aliphatic hydroxyl groups is 1. The fourth-order valence-corrected chi connectivity index (χ4v) is 3.51. The number of aliphatic hydroxyl groups excluding tert-OH is 1. The number of carbonyl (C=O) groups is 2. The summed E-state index contributed by atoms with van der Waals surface area (Å²) < 4.78 is 5.77. The van der Waals surface area contributed by atoms with Gasteiger partial charge in [0.2, 0.25) is 11.8 Å². The van der Waals surface area contributed by atoms with Crippen LogP contribution in [-0.4, -0.2) is 53.3 Å². The topological polar surface area (TPSA) is 78.9 Å². The van der Waals surface area contributed by atoms with Gasteiger partial charge in [-0.3, -0.25) is 9.59 Å². The molecule has 0 aliphatic carbocycles. The van der Waals surface area contributed by atoms with Gasteiger partial charge < -0.3 is 20.1 Å². The number of rotatable bonds is 10. The average Bonchev–Trinajstić information content (AvgIpc) is 2.70. The molecule has 28 heavy (non-hydrogen) atoms. The van der Waals surface area contributed by atoms with E-state index in [0.717, 1.165) is 16.4 Å². The van der Waals surface area contributed by atoms with Crippen LogP contribution in [0.15, 0.2) is 59.5 Å². The molecule has 0 aliphatic heterocycles. The van der Waals surface area contributed by atoms with E-state index >= 15 is 0 Å². The summed E-state index contributed by atoms with van der Waals surface area (Å²) in [5.41, 5.74) is 0. The SMILES string of the molecule is CCN(CCO)C(=O)C(CSc1ccc(Oc2ccccc2)cc1)NC(C)=O. The van der Waals surface area contributed by atoms with Gasteiger partial charge in [-0.1, -0.05) is 18.2 Å². The fourth-order valence-electron chi connectivity index (χ4n) is 2.59. The third-order valence-corrected chi connectivity index (χ3v) is 5.06. The van der Waals surface area contributed by atoms with Gasteiger partial charge in [0.05, 0.1) is 6.61 Å². The number of nitrogens with one attached hydrogen (secondary N) is 1. The van der Waals surface area contributed by atoms with Crippen molar-refractivity contribution in [3.05, 3.63) is 54.6 Å². The number of benzene rings is 2. The molecule has 1 unspecified atom stereocenters. The highest BCUT2D eigenvalue weighted by atomic mass is 32.2. The van der Waals surface area contributed by atoms with Gasteiger partial charge in [-0.05, 0) is 43.3 Å². The number of carbonyl (C=O) groups excluding carboxylic acids is 2. The molecule has 150 valence electrons. The molecule has 1 atom stereocenters. The van der Waals surface area contributed by atoms with Crippen LogP contribution < -0.4 is 10.1 Å². The molecule has 6 nitrogen and oxygen atoms in total. The Morgan fingerprint density at radius 2 is 1.75 bits per heavy atom. The highest BCUT2D eigenvalue weighted by Gasteiger charge is 2.24. The van der Waals surface area contributed by atoms with Gasteiger partial charge in [0.1, 0.15) is 17.5 Å². The zero-order valence-corrected chi connectivity index (χ0v) is 16.9. The Morgan fingerprint density at radius 1 is 1.11 bits per heavy atom. The van der Waals surface area contributed by atoms with Crippen LogP contribution in [0.5, 0.6) is 11.5 Å². The van der Waals surface area contributed by atoms with E-state index in [1.54, 1.807) is 0 Å². The number of ether oxygens (including phenoxy) is 1. The van der Waals surface area contributed by atoms with E-state index in [4.69, 9.17) is 9.84 Å². The Hall–Kier alpha value is -2.51. The predicted molar refractivity (Wildman–Crippen MR) is 111 cm³/mol. The van der Waals surface area contributed by atoms with Crippen molar-refractivity contribution in [3.63, 3.8) is 0 Å². The smallest absolute Gasteiger partial charge is 0.246 e. The first kappa shape index (κ1) is 21.8. The van der Waals surface area contributed by atoms with Gasteiger partial charge in [0.25, 0.3) is 0 Å². The second-order valence-corrected chi connectivity index (χ2v) is 7.19. The number of hydrogen-bond acceptors (Lipinski definition) is 5. The monoisotopic (exact) mass is 402 g/mol. The minimum absolute atomic E-state index is 0.109. The molecule has 0 bridgehead atoms. The second kappa shape index (κ2) is 11.4. The van der Waals surface area contributed by atoms with E-state index in [-0.39, 0.29) is 25.0 Å². The summed E-state index contributed by atoms with van der Waals surface area (Å²) in [6.07, 6.45) is 0. The molecule has 2 amide bonds. The lowest BCUT2D eigenvalue weighted by molar-refractivity contribution is -0.135. The molecular formula is C21H26N2O4S. The van der Waals surface area contributed by atoms with Crippen molar-refractivity contribution in [1.82, 2.24) is 10.2 Å². The fraction of sp³-hybridized carbons (Fsp3) is 0.333. The van der Waals surface area contributed by atoms with E-state index < -0.39 is 6.04 Å². The summed E-state index contributed by atoms with van der Waals surface area (Å²) in [5, 5.41) is 11.8. The minimum Gasteiger partial charge on any atom is -0.457 e. The summed E-state index contributed by atoms with van der Waals surface area (Å²) in [5.74, 6) is 1.45. The van der Waals surface area contributed by atoms with Crippen LogP contribution >= 0.6 is 11.8 Å². The number of hydrogen-bond donors (Lipinski definition) is 2. The molecule has 0 saturated carbocycles. The van der Waals surface area contributed by atoms with Gasteiger partial charge in [0.15, 0.2) is 0 Å². The molecule has 0 saturated heterocycles. The molecule has 0 aliphatic rings. The highest BCUT2D eigenvalue weighted by Crippen LogP contribution is 2.25. The molecule has 0 fully saturated rings. The first-order valence-electron chi connectivity index (χ1n) is 9.16. The van der Waals surface area contributed by atoms with Crippen molar-refractivity contribution >= 4 is 23.6 Å². The maximum absolute atomic E-state index is 12.6. The lowest BCUT2D eigenvalue weighted by atomic mass is 10.2. The van der Waals surface area contributed by atoms with Crippen molar-refractivity contribution in [1.29, 1.82) is 0 Å². The summed E-state index contributed by atoms with van der Waals surface area (Å²) in [7, 11) is 0. The number of thioether (sulfide) groups is 1. The van der Waals surface area contributed by atoms with Crippen LogP contribution in [0.4, 0.5) is 0 Å². The Morgan fingerprint density at radius 3 is 2.32 bits per heavy atom. The summed E-state index contributed by atoms with van der Waals surface area (Å²) >= 11 is 1.48. The molecule has 0 aromatic heterocycles. The zero-order chi connectivity index (χ0) is 20.4. The molecule has 0 radical (unpaired) electrons. The lowest BCUT2D eigenvalue weighted by Crippen LogP contribution is -2.50. The van der Waals surface area contributed by atoms with Gasteiger partial charge in [-0.25, -0.2) is 0 Å². The van der Waals surface area contributed by atoms with E-state index in [2.05, 4.69) is 5.32 Å². The van der Waals surface area contributed by atoms with E-state index in [9.17, 15) is 9.59 Å². The number of amides is 2. The molecule has 7 heteroatoms. The van der Waals surface area contributed by atoms with Crippen molar-refractivity contribution in [2.24, 2.45) is 0 Å². The molecule has 2 aromatic rings. The zero-order valence-electron chi connectivity index (χ0n) is 16.1. The lowest BCUT2D eigenvalue weighted by Gasteiger charge is -2.26. The van der Waals surface area contributed by atoms with E-state index in [1.807, 2.05) is 61.5 Å². The van der Waals surface area contributed by atoms with Gasteiger partial charge in [0, 0.05) is 30.7 Å². The maximum atomic E-state index is 12.6. The maximum Gasteiger partial charge on any atom is 0.246 e. The van der Waals surface area contributed by atoms with Crippen LogP contribution in [0.25, 0.3) is 0 Å². The van der Waals surface area contributed by atoms with Crippen molar-refractivity contribution in [2.75, 3.05) is 25.4 Å². The van der Waals surface area contributed by atoms with Crippen molar-refractivity contribution in [2.45, 2.75) is 24.8 Å². The standard InChI is InChI=1S/C21H26N2O4S/c1-3-23(13-14-24)21(26)20(22-16(2)25)15-28-19-11-9-18(10-12-19)27-17-7-5-4-6-8-17/h4-12,20,24H,3,13-15H2,1-2H3,(H,22,25). The normalized spacial score (nSPS) is 11.5. The third kappa shape index (κ3) is 6.90. The van der Waals surface area contributed by atoms with Gasteiger partial charge >= 0.3 is 0 Å². The largest absolute Gasteiger partial charge is 0.457 e. The Balaban J connectivity index is 1.97. The Labute approximate surface area is 169 Å². The number of nitrogens with zero attached hydrogens (tertiary/aromatic N) is 1.